The third-order valence-corrected chi connectivity index (χ3v) is 5.68. The minimum absolute atomic E-state index is 0.610. The Kier molecular flexibility index (Phi) is 6.25. The first-order chi connectivity index (χ1) is 15.5. The molecule has 4 aromatic rings. The van der Waals surface area contributed by atoms with Crippen LogP contribution in [-0.2, 0) is 6.42 Å². The molecule has 0 saturated carbocycles. The molecule has 4 rings (SSSR count). The zero-order valence-electron chi connectivity index (χ0n) is 19.3. The van der Waals surface area contributed by atoms with E-state index in [-0.39, 0.29) is 0 Å². The van der Waals surface area contributed by atoms with Crippen molar-refractivity contribution < 1.29 is 9.47 Å². The van der Waals surface area contributed by atoms with Crippen molar-refractivity contribution >= 4 is 16.6 Å². The predicted molar refractivity (Wildman–Crippen MR) is 127 cm³/mol. The van der Waals surface area contributed by atoms with E-state index in [0.29, 0.717) is 6.61 Å². The lowest BCUT2D eigenvalue weighted by atomic mass is 10.1. The van der Waals surface area contributed by atoms with Gasteiger partial charge in [-0.25, -0.2) is 0 Å². The van der Waals surface area contributed by atoms with E-state index in [1.165, 1.54) is 5.56 Å². The number of pyridine rings is 1. The van der Waals surface area contributed by atoms with E-state index in [1.807, 2.05) is 44.3 Å². The number of nitrogens with one attached hydrogen (secondary N) is 1. The van der Waals surface area contributed by atoms with E-state index in [0.717, 1.165) is 63.8 Å². The molecule has 0 aliphatic rings. The SMILES string of the molecule is CCOc1ccc(-n2c(C)c3c(C)nnc(NCCc4cccnc4)c3c2C)c(OC)c1. The Hall–Kier alpha value is -3.61. The van der Waals surface area contributed by atoms with Crippen LogP contribution >= 0.6 is 0 Å². The maximum atomic E-state index is 5.71. The fourth-order valence-electron chi connectivity index (χ4n) is 4.25. The second kappa shape index (κ2) is 9.26. The molecule has 0 saturated heterocycles. The van der Waals surface area contributed by atoms with Crippen molar-refractivity contribution in [2.45, 2.75) is 34.1 Å². The monoisotopic (exact) mass is 431 g/mol. The Morgan fingerprint density at radius 2 is 1.84 bits per heavy atom. The van der Waals surface area contributed by atoms with E-state index >= 15 is 0 Å². The first kappa shape index (κ1) is 21.6. The van der Waals surface area contributed by atoms with Crippen LogP contribution in [0.2, 0.25) is 0 Å². The van der Waals surface area contributed by atoms with Crippen LogP contribution in [0.3, 0.4) is 0 Å². The van der Waals surface area contributed by atoms with Crippen molar-refractivity contribution in [1.82, 2.24) is 19.7 Å². The molecule has 0 aliphatic carbocycles. The van der Waals surface area contributed by atoms with E-state index in [1.54, 1.807) is 13.3 Å². The van der Waals surface area contributed by atoms with Crippen LogP contribution in [0.25, 0.3) is 16.5 Å². The van der Waals surface area contributed by atoms with Crippen LogP contribution in [0.4, 0.5) is 5.82 Å². The number of anilines is 1. The average molecular weight is 432 g/mol. The van der Waals surface area contributed by atoms with Crippen LogP contribution in [0, 0.1) is 20.8 Å². The van der Waals surface area contributed by atoms with Gasteiger partial charge < -0.3 is 19.4 Å². The van der Waals surface area contributed by atoms with Gasteiger partial charge in [0.2, 0.25) is 0 Å². The number of hydrogen-bond acceptors (Lipinski definition) is 6. The summed E-state index contributed by atoms with van der Waals surface area (Å²) in [6.45, 7) is 9.55. The van der Waals surface area contributed by atoms with Crippen molar-refractivity contribution in [3.8, 4) is 17.2 Å². The van der Waals surface area contributed by atoms with Crippen LogP contribution in [0.1, 0.15) is 29.6 Å². The molecule has 0 spiro atoms. The van der Waals surface area contributed by atoms with Crippen molar-refractivity contribution in [3.63, 3.8) is 0 Å². The third-order valence-electron chi connectivity index (χ3n) is 5.68. The molecular weight excluding hydrogens is 402 g/mol. The van der Waals surface area contributed by atoms with Crippen LogP contribution in [0.5, 0.6) is 11.5 Å². The summed E-state index contributed by atoms with van der Waals surface area (Å²) in [7, 11) is 1.68. The summed E-state index contributed by atoms with van der Waals surface area (Å²) in [4.78, 5) is 4.19. The standard InChI is InChI=1S/C25H29N5O2/c1-6-32-20-9-10-21(22(14-20)31-5)30-17(3)23-16(2)28-29-25(24(23)18(30)4)27-13-11-19-8-7-12-26-15-19/h7-10,12,14-15H,6,11,13H2,1-5H3,(H,27,29). The Morgan fingerprint density at radius 1 is 1.03 bits per heavy atom. The highest BCUT2D eigenvalue weighted by Crippen LogP contribution is 2.37. The Labute approximate surface area is 188 Å². The largest absolute Gasteiger partial charge is 0.494 e. The van der Waals surface area contributed by atoms with E-state index < -0.39 is 0 Å². The number of benzene rings is 1. The Balaban J connectivity index is 1.76. The quantitative estimate of drug-likeness (QED) is 0.432. The number of ether oxygens (including phenoxy) is 2. The van der Waals surface area contributed by atoms with Gasteiger partial charge in [0.25, 0.3) is 0 Å². The van der Waals surface area contributed by atoms with E-state index in [2.05, 4.69) is 45.0 Å². The van der Waals surface area contributed by atoms with Gasteiger partial charge in [0.15, 0.2) is 5.82 Å². The summed E-state index contributed by atoms with van der Waals surface area (Å²) in [6, 6.07) is 9.97. The lowest BCUT2D eigenvalue weighted by Gasteiger charge is -2.15. The maximum absolute atomic E-state index is 5.71. The number of rotatable bonds is 8. The molecule has 0 unspecified atom stereocenters. The predicted octanol–water partition coefficient (Wildman–Crippen LogP) is 4.80. The smallest absolute Gasteiger partial charge is 0.158 e. The topological polar surface area (TPSA) is 74.1 Å². The summed E-state index contributed by atoms with van der Waals surface area (Å²) in [5.41, 5.74) is 5.23. The van der Waals surface area contributed by atoms with Crippen molar-refractivity contribution in [2.24, 2.45) is 0 Å². The molecule has 0 fully saturated rings. The zero-order valence-corrected chi connectivity index (χ0v) is 19.3. The molecule has 0 bridgehead atoms. The third kappa shape index (κ3) is 3.98. The van der Waals surface area contributed by atoms with Gasteiger partial charge >= 0.3 is 0 Å². The fraction of sp³-hybridized carbons (Fsp3) is 0.320. The van der Waals surface area contributed by atoms with E-state index in [4.69, 9.17) is 9.47 Å². The Morgan fingerprint density at radius 3 is 2.56 bits per heavy atom. The molecule has 1 aromatic carbocycles. The van der Waals surface area contributed by atoms with Gasteiger partial charge in [-0.15, -0.1) is 5.10 Å². The van der Waals surface area contributed by atoms with Crippen molar-refractivity contribution in [3.05, 3.63) is 65.4 Å². The number of fused-ring (bicyclic) bond motifs is 1. The normalized spacial score (nSPS) is 11.0. The number of aromatic nitrogens is 4. The van der Waals surface area contributed by atoms with Crippen LogP contribution < -0.4 is 14.8 Å². The molecule has 3 heterocycles. The Bertz CT molecular complexity index is 1230. The summed E-state index contributed by atoms with van der Waals surface area (Å²) in [5, 5.41) is 14.6. The molecule has 7 nitrogen and oxygen atoms in total. The summed E-state index contributed by atoms with van der Waals surface area (Å²) in [5.74, 6) is 2.34. The number of nitrogens with zero attached hydrogens (tertiary/aromatic N) is 4. The van der Waals surface area contributed by atoms with Crippen molar-refractivity contribution in [1.29, 1.82) is 0 Å². The second-order valence-corrected chi connectivity index (χ2v) is 7.69. The highest BCUT2D eigenvalue weighted by atomic mass is 16.5. The highest BCUT2D eigenvalue weighted by molar-refractivity contribution is 5.98. The fourth-order valence-corrected chi connectivity index (χ4v) is 4.25. The molecule has 0 radical (unpaired) electrons. The lowest BCUT2D eigenvalue weighted by Crippen LogP contribution is -2.08. The molecule has 166 valence electrons. The molecule has 1 N–H and O–H groups in total. The number of aryl methyl sites for hydroxylation is 3. The van der Waals surface area contributed by atoms with Gasteiger partial charge in [0.05, 0.1) is 25.1 Å². The molecule has 7 heteroatoms. The van der Waals surface area contributed by atoms with E-state index in [9.17, 15) is 0 Å². The van der Waals surface area contributed by atoms with Gasteiger partial charge in [-0.1, -0.05) is 6.07 Å². The molecule has 3 aromatic heterocycles. The number of hydrogen-bond donors (Lipinski definition) is 1. The van der Waals surface area contributed by atoms with Gasteiger partial charge in [-0.3, -0.25) is 4.98 Å². The zero-order chi connectivity index (χ0) is 22.7. The number of methoxy groups -OCH3 is 1. The van der Waals surface area contributed by atoms with Crippen molar-refractivity contribution in [2.75, 3.05) is 25.6 Å². The maximum Gasteiger partial charge on any atom is 0.158 e. The van der Waals surface area contributed by atoms with Gasteiger partial charge in [-0.05, 0) is 57.9 Å². The second-order valence-electron chi connectivity index (χ2n) is 7.69. The molecule has 32 heavy (non-hydrogen) atoms. The summed E-state index contributed by atoms with van der Waals surface area (Å²) >= 11 is 0. The lowest BCUT2D eigenvalue weighted by molar-refractivity contribution is 0.336. The van der Waals surface area contributed by atoms with Gasteiger partial charge in [0.1, 0.15) is 11.5 Å². The van der Waals surface area contributed by atoms with Crippen LogP contribution in [0.15, 0.2) is 42.7 Å². The van der Waals surface area contributed by atoms with Crippen LogP contribution in [-0.4, -0.2) is 40.0 Å². The molecule has 0 amide bonds. The summed E-state index contributed by atoms with van der Waals surface area (Å²) in [6.07, 6.45) is 4.54. The highest BCUT2D eigenvalue weighted by Gasteiger charge is 2.21. The minimum atomic E-state index is 0.610. The molecule has 0 atom stereocenters. The molecular formula is C25H29N5O2. The average Bonchev–Trinajstić information content (AvgIpc) is 3.07. The van der Waals surface area contributed by atoms with Gasteiger partial charge in [-0.2, -0.15) is 5.10 Å². The first-order valence-corrected chi connectivity index (χ1v) is 10.8. The minimum Gasteiger partial charge on any atom is -0.494 e. The summed E-state index contributed by atoms with van der Waals surface area (Å²) < 4.78 is 13.6. The first-order valence-electron chi connectivity index (χ1n) is 10.8. The molecule has 0 aliphatic heterocycles. The van der Waals surface area contributed by atoms with Gasteiger partial charge in [0, 0.05) is 47.2 Å².